The molecule has 4 nitrogen and oxygen atoms in total. The van der Waals surface area contributed by atoms with Crippen LogP contribution in [0.1, 0.15) is 19.4 Å². The van der Waals surface area contributed by atoms with E-state index in [0.717, 1.165) is 0 Å². The summed E-state index contributed by atoms with van der Waals surface area (Å²) < 4.78 is 15.1. The smallest absolute Gasteiger partial charge is 0.251 e. The van der Waals surface area contributed by atoms with Crippen LogP contribution in [0.2, 0.25) is 5.02 Å². The molecule has 0 radical (unpaired) electrons. The molecule has 1 amide bonds. The summed E-state index contributed by atoms with van der Waals surface area (Å²) in [5, 5.41) is 3.04. The van der Waals surface area contributed by atoms with Crippen LogP contribution in [0.15, 0.2) is 45.8 Å². The summed E-state index contributed by atoms with van der Waals surface area (Å²) in [7, 11) is 0. The van der Waals surface area contributed by atoms with Gasteiger partial charge < -0.3 is 9.88 Å². The van der Waals surface area contributed by atoms with Crippen LogP contribution in [0.4, 0.5) is 4.39 Å². The summed E-state index contributed by atoms with van der Waals surface area (Å²) in [6, 6.07) is 7.00. The minimum absolute atomic E-state index is 0.124. The molecular weight excluding hydrogens is 387 g/mol. The first-order valence-electron chi connectivity index (χ1n) is 6.81. The zero-order valence-electron chi connectivity index (χ0n) is 12.6. The molecule has 0 spiro atoms. The fraction of sp³-hybridized carbons (Fsp3) is 0.250. The van der Waals surface area contributed by atoms with Gasteiger partial charge in [0.05, 0.1) is 5.54 Å². The normalized spacial score (nSPS) is 11.3. The average molecular weight is 402 g/mol. The number of rotatable bonds is 4. The molecule has 0 aliphatic carbocycles. The molecule has 0 aliphatic heterocycles. The van der Waals surface area contributed by atoms with E-state index in [0.29, 0.717) is 10.0 Å². The summed E-state index contributed by atoms with van der Waals surface area (Å²) in [6.07, 6.45) is 1.54. The second-order valence-corrected chi connectivity index (χ2v) is 6.93. The molecular formula is C16H15BrClFN2O2. The third-order valence-electron chi connectivity index (χ3n) is 3.32. The van der Waals surface area contributed by atoms with Gasteiger partial charge in [-0.2, -0.15) is 0 Å². The van der Waals surface area contributed by atoms with Gasteiger partial charge in [-0.3, -0.25) is 9.59 Å². The lowest BCUT2D eigenvalue weighted by Gasteiger charge is -2.28. The topological polar surface area (TPSA) is 51.1 Å². The number of benzene rings is 1. The van der Waals surface area contributed by atoms with Crippen LogP contribution in [-0.4, -0.2) is 10.5 Å². The second kappa shape index (κ2) is 6.84. The summed E-state index contributed by atoms with van der Waals surface area (Å²) in [5.41, 5.74) is -0.492. The van der Waals surface area contributed by atoms with E-state index >= 15 is 0 Å². The van der Waals surface area contributed by atoms with Crippen molar-refractivity contribution >= 4 is 33.4 Å². The van der Waals surface area contributed by atoms with E-state index in [2.05, 4.69) is 21.2 Å². The van der Waals surface area contributed by atoms with Gasteiger partial charge in [0.15, 0.2) is 0 Å². The Bertz CT molecular complexity index is 805. The van der Waals surface area contributed by atoms with Crippen LogP contribution < -0.4 is 10.9 Å². The number of amides is 1. The Labute approximate surface area is 146 Å². The number of hydrogen-bond acceptors (Lipinski definition) is 2. The van der Waals surface area contributed by atoms with Gasteiger partial charge in [-0.15, -0.1) is 0 Å². The summed E-state index contributed by atoms with van der Waals surface area (Å²) in [5.74, 6) is -0.794. The van der Waals surface area contributed by atoms with Crippen molar-refractivity contribution in [2.75, 3.05) is 0 Å². The van der Waals surface area contributed by atoms with Crippen molar-refractivity contribution in [3.05, 3.63) is 67.8 Å². The van der Waals surface area contributed by atoms with Crippen LogP contribution >= 0.6 is 27.5 Å². The predicted molar refractivity (Wildman–Crippen MR) is 91.0 cm³/mol. The number of nitrogens with zero attached hydrogens (tertiary/aromatic N) is 1. The van der Waals surface area contributed by atoms with Crippen molar-refractivity contribution in [1.29, 1.82) is 0 Å². The van der Waals surface area contributed by atoms with Crippen molar-refractivity contribution in [2.45, 2.75) is 25.9 Å². The van der Waals surface area contributed by atoms with E-state index in [1.807, 2.05) is 0 Å². The van der Waals surface area contributed by atoms with E-state index < -0.39 is 11.4 Å². The zero-order valence-corrected chi connectivity index (χ0v) is 14.9. The maximum atomic E-state index is 13.2. The second-order valence-electron chi connectivity index (χ2n) is 5.61. The minimum atomic E-state index is -0.808. The standard InChI is InChI=1S/C16H15BrClFN2O2/c1-16(2,12-5-4-11(19)7-13(12)18)20-14(22)9-21-8-10(17)3-6-15(21)23/h3-8H,9H2,1-2H3,(H,20,22). The van der Waals surface area contributed by atoms with E-state index in [1.54, 1.807) is 26.1 Å². The molecule has 1 aromatic carbocycles. The largest absolute Gasteiger partial charge is 0.346 e. The van der Waals surface area contributed by atoms with Crippen LogP contribution in [0.5, 0.6) is 0 Å². The molecule has 122 valence electrons. The van der Waals surface area contributed by atoms with E-state index in [9.17, 15) is 14.0 Å². The van der Waals surface area contributed by atoms with Gasteiger partial charge in [0.25, 0.3) is 5.56 Å². The number of pyridine rings is 1. The Morgan fingerprint density at radius 1 is 1.35 bits per heavy atom. The molecule has 0 atom stereocenters. The molecule has 2 rings (SSSR count). The first-order chi connectivity index (χ1) is 10.7. The summed E-state index contributed by atoms with van der Waals surface area (Å²) in [4.78, 5) is 24.0. The number of aromatic nitrogens is 1. The lowest BCUT2D eigenvalue weighted by atomic mass is 9.94. The third kappa shape index (κ3) is 4.42. The van der Waals surface area contributed by atoms with E-state index in [-0.39, 0.29) is 23.0 Å². The van der Waals surface area contributed by atoms with Gasteiger partial charge in [0.2, 0.25) is 5.91 Å². The molecule has 1 heterocycles. The molecule has 0 saturated carbocycles. The maximum Gasteiger partial charge on any atom is 0.251 e. The quantitative estimate of drug-likeness (QED) is 0.853. The fourth-order valence-electron chi connectivity index (χ4n) is 2.23. The highest BCUT2D eigenvalue weighted by Gasteiger charge is 2.25. The number of nitrogens with one attached hydrogen (secondary N) is 1. The van der Waals surface area contributed by atoms with Gasteiger partial charge >= 0.3 is 0 Å². The molecule has 7 heteroatoms. The Balaban J connectivity index is 2.18. The van der Waals surface area contributed by atoms with Crippen LogP contribution in [0.3, 0.4) is 0 Å². The van der Waals surface area contributed by atoms with Crippen LogP contribution in [0, 0.1) is 5.82 Å². The number of hydrogen-bond donors (Lipinski definition) is 1. The predicted octanol–water partition coefficient (Wildman–Crippen LogP) is 3.45. The highest BCUT2D eigenvalue weighted by Crippen LogP contribution is 2.28. The molecule has 2 aromatic rings. The fourth-order valence-corrected chi connectivity index (χ4v) is 3.01. The molecule has 0 fully saturated rings. The molecule has 0 aliphatic rings. The van der Waals surface area contributed by atoms with Gasteiger partial charge in [0, 0.05) is 21.8 Å². The van der Waals surface area contributed by atoms with Crippen molar-refractivity contribution in [3.8, 4) is 0 Å². The number of carbonyl (C=O) groups is 1. The highest BCUT2D eigenvalue weighted by atomic mass is 79.9. The third-order valence-corrected chi connectivity index (χ3v) is 4.10. The number of carbonyl (C=O) groups excluding carboxylic acids is 1. The number of halogens is 3. The highest BCUT2D eigenvalue weighted by molar-refractivity contribution is 9.10. The molecule has 1 aromatic heterocycles. The van der Waals surface area contributed by atoms with Crippen molar-refractivity contribution in [3.63, 3.8) is 0 Å². The van der Waals surface area contributed by atoms with E-state index in [1.165, 1.54) is 28.8 Å². The first kappa shape index (κ1) is 17.7. The van der Waals surface area contributed by atoms with Gasteiger partial charge in [-0.05, 0) is 53.5 Å². The van der Waals surface area contributed by atoms with Gasteiger partial charge in [-0.1, -0.05) is 17.7 Å². The molecule has 0 saturated heterocycles. The minimum Gasteiger partial charge on any atom is -0.346 e. The molecule has 0 unspecified atom stereocenters. The Morgan fingerprint density at radius 2 is 2.04 bits per heavy atom. The Kier molecular flexibility index (Phi) is 5.26. The van der Waals surface area contributed by atoms with E-state index in [4.69, 9.17) is 11.6 Å². The summed E-state index contributed by atoms with van der Waals surface area (Å²) in [6.45, 7) is 3.39. The first-order valence-corrected chi connectivity index (χ1v) is 7.99. The van der Waals surface area contributed by atoms with Crippen molar-refractivity contribution in [2.24, 2.45) is 0 Å². The van der Waals surface area contributed by atoms with Crippen LogP contribution in [0.25, 0.3) is 0 Å². The van der Waals surface area contributed by atoms with Crippen molar-refractivity contribution < 1.29 is 9.18 Å². The Hall–Kier alpha value is -1.66. The van der Waals surface area contributed by atoms with Gasteiger partial charge in [0.1, 0.15) is 12.4 Å². The Morgan fingerprint density at radius 3 is 2.70 bits per heavy atom. The average Bonchev–Trinajstić information content (AvgIpc) is 2.41. The molecule has 1 N–H and O–H groups in total. The summed E-state index contributed by atoms with van der Waals surface area (Å²) >= 11 is 9.31. The monoisotopic (exact) mass is 400 g/mol. The SMILES string of the molecule is CC(C)(NC(=O)Cn1cc(Br)ccc1=O)c1ccc(F)cc1Cl. The lowest BCUT2D eigenvalue weighted by molar-refractivity contribution is -0.123. The zero-order chi connectivity index (χ0) is 17.2. The molecule has 23 heavy (non-hydrogen) atoms. The lowest BCUT2D eigenvalue weighted by Crippen LogP contribution is -2.43. The van der Waals surface area contributed by atoms with Gasteiger partial charge in [-0.25, -0.2) is 4.39 Å². The molecule has 0 bridgehead atoms. The van der Waals surface area contributed by atoms with Crippen LogP contribution in [-0.2, 0) is 16.9 Å². The maximum absolute atomic E-state index is 13.2. The van der Waals surface area contributed by atoms with Crippen molar-refractivity contribution in [1.82, 2.24) is 9.88 Å².